The molecular formula is C24H32FN3O2. The highest BCUT2D eigenvalue weighted by molar-refractivity contribution is 5.26. The van der Waals surface area contributed by atoms with Crippen molar-refractivity contribution >= 4 is 0 Å². The maximum absolute atomic E-state index is 13.8. The zero-order valence-corrected chi connectivity index (χ0v) is 17.6. The molecule has 4 bridgehead atoms. The molecule has 0 radical (unpaired) electrons. The first-order valence-electron chi connectivity index (χ1n) is 11.3. The molecule has 162 valence electrons. The number of halogens is 1. The van der Waals surface area contributed by atoms with Gasteiger partial charge in [0.2, 0.25) is 0 Å². The van der Waals surface area contributed by atoms with E-state index in [2.05, 4.69) is 10.3 Å². The van der Waals surface area contributed by atoms with Crippen LogP contribution in [0.1, 0.15) is 56.0 Å². The Bertz CT molecular complexity index is 848. The Morgan fingerprint density at radius 3 is 2.53 bits per heavy atom. The molecule has 5 nitrogen and oxygen atoms in total. The van der Waals surface area contributed by atoms with Gasteiger partial charge in [0.1, 0.15) is 11.6 Å². The molecule has 30 heavy (non-hydrogen) atoms. The van der Waals surface area contributed by atoms with Crippen LogP contribution in [0.2, 0.25) is 0 Å². The number of imidazole rings is 1. The van der Waals surface area contributed by atoms with Crippen LogP contribution in [0.25, 0.3) is 0 Å². The predicted molar refractivity (Wildman–Crippen MR) is 112 cm³/mol. The van der Waals surface area contributed by atoms with Gasteiger partial charge in [-0.15, -0.1) is 0 Å². The first kappa shape index (κ1) is 20.2. The van der Waals surface area contributed by atoms with Gasteiger partial charge in [0.15, 0.2) is 0 Å². The maximum Gasteiger partial charge on any atom is 0.130 e. The van der Waals surface area contributed by atoms with Gasteiger partial charge in [-0.05, 0) is 74.0 Å². The van der Waals surface area contributed by atoms with Crippen LogP contribution in [0.5, 0.6) is 0 Å². The number of aromatic nitrogens is 2. The quantitative estimate of drug-likeness (QED) is 0.695. The van der Waals surface area contributed by atoms with E-state index in [9.17, 15) is 9.50 Å². The summed E-state index contributed by atoms with van der Waals surface area (Å²) in [5, 5.41) is 14.1. The van der Waals surface area contributed by atoms with Crippen molar-refractivity contribution in [1.29, 1.82) is 0 Å². The van der Waals surface area contributed by atoms with Gasteiger partial charge in [0, 0.05) is 26.0 Å². The van der Waals surface area contributed by atoms with Gasteiger partial charge >= 0.3 is 0 Å². The van der Waals surface area contributed by atoms with Crippen LogP contribution in [0.3, 0.4) is 0 Å². The lowest BCUT2D eigenvalue weighted by Gasteiger charge is -2.56. The fourth-order valence-corrected chi connectivity index (χ4v) is 6.49. The number of ether oxygens (including phenoxy) is 1. The molecule has 2 unspecified atom stereocenters. The molecule has 0 saturated heterocycles. The number of aliphatic hydroxyl groups excluding tert-OH is 1. The summed E-state index contributed by atoms with van der Waals surface area (Å²) in [6, 6.07) is 6.25. The summed E-state index contributed by atoms with van der Waals surface area (Å²) >= 11 is 0. The molecule has 1 aromatic carbocycles. The van der Waals surface area contributed by atoms with Crippen LogP contribution in [0.15, 0.2) is 36.7 Å². The van der Waals surface area contributed by atoms with Crippen molar-refractivity contribution in [3.8, 4) is 0 Å². The molecule has 2 aromatic rings. The second-order valence-electron chi connectivity index (χ2n) is 9.86. The summed E-state index contributed by atoms with van der Waals surface area (Å²) in [6.07, 6.45) is 10.6. The van der Waals surface area contributed by atoms with Crippen molar-refractivity contribution in [2.75, 3.05) is 13.2 Å². The van der Waals surface area contributed by atoms with Crippen molar-refractivity contribution in [1.82, 2.24) is 14.9 Å². The van der Waals surface area contributed by atoms with Crippen molar-refractivity contribution < 1.29 is 14.2 Å². The Morgan fingerprint density at radius 1 is 1.23 bits per heavy atom. The lowest BCUT2D eigenvalue weighted by Crippen LogP contribution is -2.53. The number of benzene rings is 1. The molecule has 0 spiro atoms. The van der Waals surface area contributed by atoms with Crippen LogP contribution >= 0.6 is 0 Å². The molecule has 4 saturated carbocycles. The summed E-state index contributed by atoms with van der Waals surface area (Å²) in [4.78, 5) is 4.44. The minimum atomic E-state index is -0.616. The zero-order chi connectivity index (χ0) is 20.7. The number of hydrogen-bond acceptors (Lipinski definition) is 4. The number of nitrogens with one attached hydrogen (secondary N) is 1. The van der Waals surface area contributed by atoms with Crippen LogP contribution in [0, 0.1) is 23.6 Å². The number of aryl methyl sites for hydroxylation is 1. The highest BCUT2D eigenvalue weighted by Crippen LogP contribution is 2.57. The second-order valence-corrected chi connectivity index (χ2v) is 9.86. The number of aliphatic hydroxyl groups is 1. The van der Waals surface area contributed by atoms with E-state index in [-0.39, 0.29) is 17.5 Å². The third kappa shape index (κ3) is 4.05. The molecule has 4 fully saturated rings. The van der Waals surface area contributed by atoms with E-state index in [4.69, 9.17) is 4.74 Å². The lowest BCUT2D eigenvalue weighted by atomic mass is 9.54. The minimum Gasteiger partial charge on any atom is -0.389 e. The van der Waals surface area contributed by atoms with Crippen LogP contribution in [0.4, 0.5) is 4.39 Å². The van der Waals surface area contributed by atoms with Crippen LogP contribution < -0.4 is 5.32 Å². The van der Waals surface area contributed by atoms with Gasteiger partial charge in [-0.1, -0.05) is 12.1 Å². The summed E-state index contributed by atoms with van der Waals surface area (Å²) in [5.41, 5.74) is 0.788. The van der Waals surface area contributed by atoms with E-state index in [1.165, 1.54) is 50.7 Å². The van der Waals surface area contributed by atoms with E-state index >= 15 is 0 Å². The average molecular weight is 414 g/mol. The van der Waals surface area contributed by atoms with Gasteiger partial charge in [0.25, 0.3) is 0 Å². The summed E-state index contributed by atoms with van der Waals surface area (Å²) < 4.78 is 22.1. The van der Waals surface area contributed by atoms with E-state index in [1.807, 2.05) is 23.9 Å². The van der Waals surface area contributed by atoms with Gasteiger partial charge in [0.05, 0.1) is 24.4 Å². The Hall–Kier alpha value is -1.76. The van der Waals surface area contributed by atoms with Crippen molar-refractivity contribution in [3.63, 3.8) is 0 Å². The molecule has 0 amide bonds. The topological polar surface area (TPSA) is 59.3 Å². The van der Waals surface area contributed by atoms with Gasteiger partial charge in [-0.3, -0.25) is 0 Å². The standard InChI is InChI=1S/C24H32FN3O2/c1-28-6-5-26-23(28)22(19-3-2-4-20(25)10-19)27-14-21(29)15-30-24-11-16-7-17(12-24)9-18(8-16)13-24/h2-6,10,16-18,21-22,27,29H,7-9,11-15H2,1H3. The van der Waals surface area contributed by atoms with Crippen LogP contribution in [-0.4, -0.2) is 39.5 Å². The van der Waals surface area contributed by atoms with Crippen molar-refractivity contribution in [2.45, 2.75) is 56.3 Å². The van der Waals surface area contributed by atoms with Crippen molar-refractivity contribution in [3.05, 3.63) is 53.9 Å². The Kier molecular flexibility index (Phi) is 5.42. The normalized spacial score (nSPS) is 31.8. The molecule has 6 heteroatoms. The summed E-state index contributed by atoms with van der Waals surface area (Å²) in [6.45, 7) is 0.704. The summed E-state index contributed by atoms with van der Waals surface area (Å²) in [7, 11) is 1.92. The monoisotopic (exact) mass is 413 g/mol. The average Bonchev–Trinajstić information content (AvgIpc) is 3.11. The van der Waals surface area contributed by atoms with E-state index < -0.39 is 6.10 Å². The van der Waals surface area contributed by atoms with E-state index in [0.717, 1.165) is 29.1 Å². The lowest BCUT2D eigenvalue weighted by molar-refractivity contribution is -0.174. The Balaban J connectivity index is 1.22. The SMILES string of the molecule is Cn1ccnc1C(NCC(O)COC12CC3CC(CC(C3)C1)C2)c1cccc(F)c1. The third-order valence-electron chi connectivity index (χ3n) is 7.42. The zero-order valence-electron chi connectivity index (χ0n) is 17.6. The summed E-state index contributed by atoms with van der Waals surface area (Å²) in [5.74, 6) is 2.99. The highest BCUT2D eigenvalue weighted by atomic mass is 19.1. The largest absolute Gasteiger partial charge is 0.389 e. The van der Waals surface area contributed by atoms with Gasteiger partial charge < -0.3 is 19.7 Å². The number of hydrogen-bond donors (Lipinski definition) is 2. The second kappa shape index (κ2) is 8.06. The molecule has 1 aromatic heterocycles. The van der Waals surface area contributed by atoms with Gasteiger partial charge in [-0.25, -0.2) is 9.37 Å². The maximum atomic E-state index is 13.8. The number of rotatable bonds is 8. The highest BCUT2D eigenvalue weighted by Gasteiger charge is 2.51. The Labute approximate surface area is 177 Å². The number of nitrogens with zero attached hydrogens (tertiary/aromatic N) is 2. The smallest absolute Gasteiger partial charge is 0.130 e. The van der Waals surface area contributed by atoms with E-state index in [1.54, 1.807) is 12.3 Å². The van der Waals surface area contributed by atoms with Crippen molar-refractivity contribution in [2.24, 2.45) is 24.8 Å². The molecule has 4 aliphatic carbocycles. The van der Waals surface area contributed by atoms with Gasteiger partial charge in [-0.2, -0.15) is 0 Å². The Morgan fingerprint density at radius 2 is 1.93 bits per heavy atom. The molecular weight excluding hydrogens is 381 g/mol. The fourth-order valence-electron chi connectivity index (χ4n) is 6.49. The first-order valence-corrected chi connectivity index (χ1v) is 11.3. The first-order chi connectivity index (χ1) is 14.5. The van der Waals surface area contributed by atoms with E-state index in [0.29, 0.717) is 13.2 Å². The third-order valence-corrected chi connectivity index (χ3v) is 7.42. The molecule has 2 N–H and O–H groups in total. The molecule has 4 aliphatic rings. The molecule has 2 atom stereocenters. The van der Waals surface area contributed by atoms with Crippen LogP contribution in [-0.2, 0) is 11.8 Å². The molecule has 0 aliphatic heterocycles. The molecule has 1 heterocycles. The minimum absolute atomic E-state index is 0.00262. The molecule has 6 rings (SSSR count). The fraction of sp³-hybridized carbons (Fsp3) is 0.625. The predicted octanol–water partition coefficient (Wildman–Crippen LogP) is 3.58.